The largest absolute Gasteiger partial charge is 0.387 e. The van der Waals surface area contributed by atoms with Gasteiger partial charge in [0.25, 0.3) is 0 Å². The first-order valence-corrected chi connectivity index (χ1v) is 6.21. The summed E-state index contributed by atoms with van der Waals surface area (Å²) < 4.78 is 0. The Bertz CT molecular complexity index is 463. The van der Waals surface area contributed by atoms with Crippen molar-refractivity contribution in [3.63, 3.8) is 0 Å². The van der Waals surface area contributed by atoms with Gasteiger partial charge in [0.1, 0.15) is 0 Å². The van der Waals surface area contributed by atoms with Crippen LogP contribution < -0.4 is 10.6 Å². The van der Waals surface area contributed by atoms with Crippen molar-refractivity contribution in [1.82, 2.24) is 5.32 Å². The second kappa shape index (κ2) is 4.71. The van der Waals surface area contributed by atoms with Gasteiger partial charge >= 0.3 is 0 Å². The average molecular weight is 248 g/mol. The summed E-state index contributed by atoms with van der Waals surface area (Å²) in [6.45, 7) is 6.69. The standard InChI is InChI=1S/C14H20N2O2/c1-14(2,3)15-8-12(17)9-4-5-11-10(6-9)7-13(18)16-11/h4-6,12,15,17H,7-8H2,1-3H3,(H,16,18)/t12-/m0/s1. The van der Waals surface area contributed by atoms with E-state index in [1.54, 1.807) is 0 Å². The molecule has 1 aromatic rings. The van der Waals surface area contributed by atoms with Crippen LogP contribution in [0.15, 0.2) is 18.2 Å². The number of carbonyl (C=O) groups is 1. The maximum Gasteiger partial charge on any atom is 0.228 e. The minimum atomic E-state index is -0.551. The summed E-state index contributed by atoms with van der Waals surface area (Å²) in [5.41, 5.74) is 2.66. The molecule has 1 amide bonds. The molecular formula is C14H20N2O2. The van der Waals surface area contributed by atoms with Gasteiger partial charge < -0.3 is 15.7 Å². The number of benzene rings is 1. The number of hydrogen-bond donors (Lipinski definition) is 3. The number of aliphatic hydroxyl groups excluding tert-OH is 1. The van der Waals surface area contributed by atoms with Crippen molar-refractivity contribution in [1.29, 1.82) is 0 Å². The second-order valence-electron chi connectivity index (χ2n) is 5.79. The van der Waals surface area contributed by atoms with Crippen LogP contribution in [0.4, 0.5) is 5.69 Å². The van der Waals surface area contributed by atoms with Crippen LogP contribution >= 0.6 is 0 Å². The molecule has 1 aliphatic heterocycles. The zero-order valence-corrected chi connectivity index (χ0v) is 11.1. The van der Waals surface area contributed by atoms with Crippen molar-refractivity contribution < 1.29 is 9.90 Å². The van der Waals surface area contributed by atoms with Gasteiger partial charge in [-0.3, -0.25) is 4.79 Å². The molecule has 1 atom stereocenters. The first-order chi connectivity index (χ1) is 8.35. The van der Waals surface area contributed by atoms with E-state index in [1.807, 2.05) is 18.2 Å². The van der Waals surface area contributed by atoms with Crippen LogP contribution in [0.5, 0.6) is 0 Å². The molecule has 0 bridgehead atoms. The predicted octanol–water partition coefficient (Wildman–Crippen LogP) is 1.60. The fourth-order valence-electron chi connectivity index (χ4n) is 1.98. The Kier molecular flexibility index (Phi) is 3.41. The van der Waals surface area contributed by atoms with Crippen LogP contribution in [0.25, 0.3) is 0 Å². The lowest BCUT2D eigenvalue weighted by atomic mass is 10.0. The first kappa shape index (κ1) is 13.1. The van der Waals surface area contributed by atoms with E-state index in [9.17, 15) is 9.90 Å². The maximum atomic E-state index is 11.3. The first-order valence-electron chi connectivity index (χ1n) is 6.21. The zero-order valence-electron chi connectivity index (χ0n) is 11.1. The molecule has 1 heterocycles. The number of aliphatic hydroxyl groups is 1. The number of carbonyl (C=O) groups excluding carboxylic acids is 1. The number of amides is 1. The molecule has 0 spiro atoms. The van der Waals surface area contributed by atoms with E-state index in [-0.39, 0.29) is 11.4 Å². The van der Waals surface area contributed by atoms with E-state index in [1.165, 1.54) is 0 Å². The van der Waals surface area contributed by atoms with E-state index in [0.717, 1.165) is 16.8 Å². The number of fused-ring (bicyclic) bond motifs is 1. The number of nitrogens with one attached hydrogen (secondary N) is 2. The lowest BCUT2D eigenvalue weighted by Crippen LogP contribution is -2.38. The van der Waals surface area contributed by atoms with Gasteiger partial charge in [-0.05, 0) is 38.0 Å². The van der Waals surface area contributed by atoms with Crippen molar-refractivity contribution in [3.05, 3.63) is 29.3 Å². The Morgan fingerprint density at radius 2 is 2.17 bits per heavy atom. The van der Waals surface area contributed by atoms with Crippen molar-refractivity contribution in [3.8, 4) is 0 Å². The van der Waals surface area contributed by atoms with E-state index in [4.69, 9.17) is 0 Å². The van der Waals surface area contributed by atoms with Gasteiger partial charge in [0.05, 0.1) is 12.5 Å². The van der Waals surface area contributed by atoms with E-state index in [2.05, 4.69) is 31.4 Å². The Morgan fingerprint density at radius 3 is 2.83 bits per heavy atom. The molecule has 3 N–H and O–H groups in total. The third-order valence-electron chi connectivity index (χ3n) is 2.96. The summed E-state index contributed by atoms with van der Waals surface area (Å²) in [7, 11) is 0. The molecule has 4 heteroatoms. The monoisotopic (exact) mass is 248 g/mol. The van der Waals surface area contributed by atoms with Gasteiger partial charge in [0, 0.05) is 17.8 Å². The molecule has 2 rings (SSSR count). The fraction of sp³-hybridized carbons (Fsp3) is 0.500. The summed E-state index contributed by atoms with van der Waals surface area (Å²) in [6, 6.07) is 5.62. The van der Waals surface area contributed by atoms with Crippen LogP contribution in [0, 0.1) is 0 Å². The molecule has 18 heavy (non-hydrogen) atoms. The third kappa shape index (κ3) is 3.09. The minimum Gasteiger partial charge on any atom is -0.387 e. The van der Waals surface area contributed by atoms with Gasteiger partial charge in [-0.25, -0.2) is 0 Å². The lowest BCUT2D eigenvalue weighted by Gasteiger charge is -2.23. The second-order valence-corrected chi connectivity index (χ2v) is 5.79. The molecule has 0 saturated heterocycles. The van der Waals surface area contributed by atoms with Gasteiger partial charge in [-0.1, -0.05) is 12.1 Å². The van der Waals surface area contributed by atoms with Gasteiger partial charge in [-0.2, -0.15) is 0 Å². The smallest absolute Gasteiger partial charge is 0.228 e. The quantitative estimate of drug-likeness (QED) is 0.761. The van der Waals surface area contributed by atoms with Crippen molar-refractivity contribution >= 4 is 11.6 Å². The molecule has 1 aromatic carbocycles. The molecule has 0 aromatic heterocycles. The number of hydrogen-bond acceptors (Lipinski definition) is 3. The Labute approximate surface area is 107 Å². The fourth-order valence-corrected chi connectivity index (χ4v) is 1.98. The highest BCUT2D eigenvalue weighted by Gasteiger charge is 2.20. The minimum absolute atomic E-state index is 0.0180. The lowest BCUT2D eigenvalue weighted by molar-refractivity contribution is -0.115. The normalized spacial score (nSPS) is 16.3. The molecule has 98 valence electrons. The highest BCUT2D eigenvalue weighted by Crippen LogP contribution is 2.26. The SMILES string of the molecule is CC(C)(C)NC[C@H](O)c1ccc2c(c1)CC(=O)N2. The van der Waals surface area contributed by atoms with E-state index in [0.29, 0.717) is 13.0 Å². The van der Waals surface area contributed by atoms with Crippen LogP contribution in [0.2, 0.25) is 0 Å². The van der Waals surface area contributed by atoms with E-state index >= 15 is 0 Å². The highest BCUT2D eigenvalue weighted by molar-refractivity contribution is 5.99. The van der Waals surface area contributed by atoms with Crippen LogP contribution in [-0.2, 0) is 11.2 Å². The topological polar surface area (TPSA) is 61.4 Å². The molecule has 0 fully saturated rings. The number of β-amino-alcohol motifs (C(OH)–C–C–N with tert-alkyl or cyclic N) is 1. The Hall–Kier alpha value is -1.39. The van der Waals surface area contributed by atoms with Crippen molar-refractivity contribution in [2.45, 2.75) is 38.8 Å². The molecule has 0 radical (unpaired) electrons. The summed E-state index contributed by atoms with van der Waals surface area (Å²) in [5.74, 6) is 0.0180. The molecule has 4 nitrogen and oxygen atoms in total. The molecule has 1 aliphatic rings. The molecular weight excluding hydrogens is 228 g/mol. The summed E-state index contributed by atoms with van der Waals surface area (Å²) in [5, 5.41) is 16.2. The van der Waals surface area contributed by atoms with Crippen LogP contribution in [0.1, 0.15) is 38.0 Å². The maximum absolute atomic E-state index is 11.3. The Balaban J connectivity index is 2.06. The third-order valence-corrected chi connectivity index (χ3v) is 2.96. The van der Waals surface area contributed by atoms with Crippen LogP contribution in [0.3, 0.4) is 0 Å². The molecule has 0 saturated carbocycles. The number of rotatable bonds is 3. The summed E-state index contributed by atoms with van der Waals surface area (Å²) >= 11 is 0. The number of anilines is 1. The summed E-state index contributed by atoms with van der Waals surface area (Å²) in [4.78, 5) is 11.3. The highest BCUT2D eigenvalue weighted by atomic mass is 16.3. The van der Waals surface area contributed by atoms with Gasteiger partial charge in [-0.15, -0.1) is 0 Å². The van der Waals surface area contributed by atoms with Gasteiger partial charge in [0.2, 0.25) is 5.91 Å². The molecule has 0 unspecified atom stereocenters. The summed E-state index contributed by atoms with van der Waals surface area (Å²) in [6.07, 6.45) is -0.145. The van der Waals surface area contributed by atoms with Crippen molar-refractivity contribution in [2.75, 3.05) is 11.9 Å². The van der Waals surface area contributed by atoms with E-state index < -0.39 is 6.10 Å². The molecule has 0 aliphatic carbocycles. The van der Waals surface area contributed by atoms with Crippen molar-refractivity contribution in [2.24, 2.45) is 0 Å². The zero-order chi connectivity index (χ0) is 13.3. The Morgan fingerprint density at radius 1 is 1.44 bits per heavy atom. The average Bonchev–Trinajstić information content (AvgIpc) is 2.63. The van der Waals surface area contributed by atoms with Gasteiger partial charge in [0.15, 0.2) is 0 Å². The predicted molar refractivity (Wildman–Crippen MR) is 71.5 cm³/mol. The van der Waals surface area contributed by atoms with Crippen LogP contribution in [-0.4, -0.2) is 23.1 Å².